The second-order valence-electron chi connectivity index (χ2n) is 5.92. The molecule has 0 atom stereocenters. The van der Waals surface area contributed by atoms with Crippen LogP contribution in [0.25, 0.3) is 0 Å². The number of benzene rings is 1. The number of hydrogen-bond donors (Lipinski definition) is 0. The Morgan fingerprint density at radius 1 is 0.406 bits per heavy atom. The van der Waals surface area contributed by atoms with Gasteiger partial charge in [0.15, 0.2) is 17.3 Å². The molecule has 0 saturated carbocycles. The van der Waals surface area contributed by atoms with Crippen LogP contribution < -0.4 is 0 Å². The van der Waals surface area contributed by atoms with Crippen molar-refractivity contribution in [3.8, 4) is 0 Å². The van der Waals surface area contributed by atoms with E-state index in [2.05, 4.69) is 6.07 Å². The average Bonchev–Trinajstić information content (AvgIpc) is 2.59. The van der Waals surface area contributed by atoms with Crippen molar-refractivity contribution in [2.75, 3.05) is 0 Å². The standard InChI is InChI=1S/C14H3Cl18/c15-7(16,9(19,20)11(23,24)13(27,28)29)5-2-1-3-6(4-5)8(17,18)10(21,22)12(25,26)14(30,31)32/h1-3H. The minimum atomic E-state index is -2.59. The number of rotatable bonds is 6. The van der Waals surface area contributed by atoms with Gasteiger partial charge in [0.2, 0.25) is 16.3 Å². The Labute approximate surface area is 274 Å². The van der Waals surface area contributed by atoms with E-state index in [0.29, 0.717) is 0 Å². The first-order valence-electron chi connectivity index (χ1n) is 7.15. The Morgan fingerprint density at radius 2 is 0.656 bits per heavy atom. The molecule has 0 N–H and O–H groups in total. The summed E-state index contributed by atoms with van der Waals surface area (Å²) in [6.07, 6.45) is 0. The molecule has 0 aromatic heterocycles. The van der Waals surface area contributed by atoms with Crippen LogP contribution in [0.3, 0.4) is 0 Å². The molecule has 18 heteroatoms. The summed E-state index contributed by atoms with van der Waals surface area (Å²) < 4.78 is -20.1. The van der Waals surface area contributed by atoms with Crippen molar-refractivity contribution in [2.45, 2.75) is 33.6 Å². The predicted molar refractivity (Wildman–Crippen MR) is 150 cm³/mol. The van der Waals surface area contributed by atoms with Gasteiger partial charge in [-0.25, -0.2) is 0 Å². The van der Waals surface area contributed by atoms with E-state index in [1.807, 2.05) is 0 Å². The summed E-state index contributed by atoms with van der Waals surface area (Å²) in [5, 5.41) is 0. The zero-order chi connectivity index (χ0) is 26.0. The van der Waals surface area contributed by atoms with Crippen molar-refractivity contribution in [2.24, 2.45) is 0 Å². The molecule has 0 aliphatic heterocycles. The fourth-order valence-electron chi connectivity index (χ4n) is 1.92. The van der Waals surface area contributed by atoms with Crippen LogP contribution in [0.15, 0.2) is 18.2 Å². The van der Waals surface area contributed by atoms with Crippen LogP contribution in [0.5, 0.6) is 0 Å². The maximum atomic E-state index is 6.40. The maximum absolute atomic E-state index is 6.40. The molecule has 0 heterocycles. The lowest BCUT2D eigenvalue weighted by Crippen LogP contribution is -2.55. The third kappa shape index (κ3) is 5.95. The number of hydrogen-bond acceptors (Lipinski definition) is 0. The molecule has 0 bridgehead atoms. The van der Waals surface area contributed by atoms with E-state index in [9.17, 15) is 0 Å². The van der Waals surface area contributed by atoms with Gasteiger partial charge in [0, 0.05) is 0 Å². The molecule has 0 unspecified atom stereocenters. The van der Waals surface area contributed by atoms with Gasteiger partial charge in [-0.1, -0.05) is 227 Å². The normalized spacial score (nSPS) is 15.8. The van der Waals surface area contributed by atoms with Gasteiger partial charge in [0.25, 0.3) is 0 Å². The Hall–Kier alpha value is 4.44. The van der Waals surface area contributed by atoms with Crippen LogP contribution in [0.2, 0.25) is 0 Å². The predicted octanol–water partition coefficient (Wildman–Crippen LogP) is 12.2. The molecule has 1 rings (SSSR count). The number of alkyl halides is 18. The van der Waals surface area contributed by atoms with Crippen molar-refractivity contribution in [1.82, 2.24) is 0 Å². The van der Waals surface area contributed by atoms with Crippen LogP contribution in [-0.4, -0.2) is 24.9 Å². The van der Waals surface area contributed by atoms with E-state index in [0.717, 1.165) is 0 Å². The van der Waals surface area contributed by atoms with Gasteiger partial charge in [-0.15, -0.1) is 0 Å². The summed E-state index contributed by atoms with van der Waals surface area (Å²) in [6.45, 7) is 0. The molecule has 0 amide bonds. The molecule has 185 valence electrons. The lowest BCUT2D eigenvalue weighted by Gasteiger charge is -2.45. The quantitative estimate of drug-likeness (QED) is 0.251. The van der Waals surface area contributed by atoms with Gasteiger partial charge in [0.1, 0.15) is 0 Å². The van der Waals surface area contributed by atoms with E-state index >= 15 is 0 Å². The highest BCUT2D eigenvalue weighted by atomic mass is 35.6. The average molecular weight is 809 g/mol. The zero-order valence-electron chi connectivity index (χ0n) is 14.0. The minimum Gasteiger partial charge on any atom is -0.0943 e. The summed E-state index contributed by atoms with van der Waals surface area (Å²) in [5.74, 6) is 0. The lowest BCUT2D eigenvalue weighted by molar-refractivity contribution is 0.589. The van der Waals surface area contributed by atoms with Crippen molar-refractivity contribution in [3.05, 3.63) is 35.4 Å². The highest BCUT2D eigenvalue weighted by Crippen LogP contribution is 2.67. The topological polar surface area (TPSA) is 0 Å². The van der Waals surface area contributed by atoms with Crippen LogP contribution >= 0.6 is 209 Å². The van der Waals surface area contributed by atoms with E-state index < -0.39 is 33.6 Å². The summed E-state index contributed by atoms with van der Waals surface area (Å²) in [7, 11) is 0. The summed E-state index contributed by atoms with van der Waals surface area (Å²) in [4.78, 5) is 0. The molecule has 0 saturated heterocycles. The van der Waals surface area contributed by atoms with Gasteiger partial charge in [-0.05, 0) is 17.2 Å². The third-order valence-corrected chi connectivity index (χ3v) is 14.7. The van der Waals surface area contributed by atoms with Gasteiger partial charge in [-0.2, -0.15) is 0 Å². The first-order valence-corrected chi connectivity index (χ1v) is 13.9. The molecule has 0 aliphatic carbocycles. The molecule has 0 aliphatic rings. The zero-order valence-corrected chi connectivity index (χ0v) is 27.6. The minimum absolute atomic E-state index is 0.221. The third-order valence-electron chi connectivity index (χ3n) is 3.76. The second-order valence-corrected chi connectivity index (χ2v) is 18.4. The molecule has 1 aromatic carbocycles. The maximum Gasteiger partial charge on any atom is 0.226 e. The van der Waals surface area contributed by atoms with Gasteiger partial charge < -0.3 is 0 Å². The molecule has 0 fully saturated rings. The number of halogens is 18. The first kappa shape index (κ1) is 34.5. The molecule has 1 radical (unpaired) electrons. The smallest absolute Gasteiger partial charge is 0.0943 e. The fraction of sp³-hybridized carbons (Fsp3) is 0.571. The van der Waals surface area contributed by atoms with E-state index in [1.165, 1.54) is 18.2 Å². The van der Waals surface area contributed by atoms with Crippen molar-refractivity contribution in [3.63, 3.8) is 0 Å². The monoisotopic (exact) mass is 800 g/mol. The summed E-state index contributed by atoms with van der Waals surface area (Å²) in [5.41, 5.74) is -0.441. The Morgan fingerprint density at radius 3 is 0.875 bits per heavy atom. The van der Waals surface area contributed by atoms with Gasteiger partial charge in [0.05, 0.1) is 0 Å². The van der Waals surface area contributed by atoms with E-state index in [-0.39, 0.29) is 11.1 Å². The van der Waals surface area contributed by atoms with E-state index in [1.54, 1.807) is 0 Å². The van der Waals surface area contributed by atoms with Crippen LogP contribution in [0.4, 0.5) is 0 Å². The molecule has 32 heavy (non-hydrogen) atoms. The van der Waals surface area contributed by atoms with Gasteiger partial charge >= 0.3 is 0 Å². The summed E-state index contributed by atoms with van der Waals surface area (Å²) >= 11 is 110. The first-order chi connectivity index (χ1) is 13.7. The van der Waals surface area contributed by atoms with Crippen molar-refractivity contribution < 1.29 is 0 Å². The molecule has 1 aromatic rings. The van der Waals surface area contributed by atoms with E-state index in [4.69, 9.17) is 209 Å². The lowest BCUT2D eigenvalue weighted by atomic mass is 9.99. The van der Waals surface area contributed by atoms with Crippen LogP contribution in [0.1, 0.15) is 11.1 Å². The van der Waals surface area contributed by atoms with Crippen molar-refractivity contribution in [1.29, 1.82) is 0 Å². The SMILES string of the molecule is ClC(Cl)(Cl)C(Cl)(Cl)C(Cl)(Cl)C(Cl)(Cl)c1[c]c(C(Cl)(Cl)C(Cl)(Cl)C(Cl)(Cl)C(Cl)(Cl)Cl)ccc1. The molecule has 0 nitrogen and oxygen atoms in total. The molecular weight excluding hydrogens is 806 g/mol. The molecule has 0 spiro atoms. The molecular formula is C14H3Cl18. The Kier molecular flexibility index (Phi) is 11.6. The fourth-order valence-corrected chi connectivity index (χ4v) is 6.29. The van der Waals surface area contributed by atoms with Crippen LogP contribution in [-0.2, 0) is 8.67 Å². The van der Waals surface area contributed by atoms with Crippen LogP contribution in [0, 0.1) is 6.07 Å². The largest absolute Gasteiger partial charge is 0.226 e. The van der Waals surface area contributed by atoms with Crippen molar-refractivity contribution >= 4 is 209 Å². The highest BCUT2D eigenvalue weighted by molar-refractivity contribution is 6.81. The second kappa shape index (κ2) is 10.8. The van der Waals surface area contributed by atoms with Gasteiger partial charge in [-0.3, -0.25) is 0 Å². The Balaban J connectivity index is 3.68. The Bertz CT molecular complexity index is 762. The summed E-state index contributed by atoms with van der Waals surface area (Å²) in [6, 6.07) is 6.51. The highest BCUT2D eigenvalue weighted by Gasteiger charge is 2.70.